The fourth-order valence-corrected chi connectivity index (χ4v) is 2.37. The molecule has 3 nitrogen and oxygen atoms in total. The molecule has 0 radical (unpaired) electrons. The number of halogens is 2. The van der Waals surface area contributed by atoms with Gasteiger partial charge in [0.1, 0.15) is 5.82 Å². The Morgan fingerprint density at radius 1 is 1.33 bits per heavy atom. The Morgan fingerprint density at radius 2 is 2.06 bits per heavy atom. The van der Waals surface area contributed by atoms with E-state index in [0.29, 0.717) is 15.9 Å². The molecule has 0 amide bonds. The topological polar surface area (TPSA) is 43.8 Å². The second-order valence-electron chi connectivity index (χ2n) is 4.19. The minimum atomic E-state index is 0.523. The average Bonchev–Trinajstić information content (AvgIpc) is 2.61. The van der Waals surface area contributed by atoms with Crippen LogP contribution in [0.15, 0.2) is 18.2 Å². The number of nitrogens with zero attached hydrogens (tertiary/aromatic N) is 2. The number of nitrogens with two attached hydrogens (primary N) is 1. The van der Waals surface area contributed by atoms with Crippen LogP contribution in [0, 0.1) is 0 Å². The van der Waals surface area contributed by atoms with Crippen molar-refractivity contribution in [2.45, 2.75) is 19.8 Å². The third-order valence-corrected chi connectivity index (χ3v) is 3.72. The summed E-state index contributed by atoms with van der Waals surface area (Å²) in [7, 11) is 1.83. The Labute approximate surface area is 117 Å². The van der Waals surface area contributed by atoms with Crippen LogP contribution in [0.2, 0.25) is 10.0 Å². The summed E-state index contributed by atoms with van der Waals surface area (Å²) in [5, 5.41) is 5.50. The minimum absolute atomic E-state index is 0.523. The summed E-state index contributed by atoms with van der Waals surface area (Å²) < 4.78 is 1.68. The molecule has 0 aliphatic heterocycles. The molecule has 2 N–H and O–H groups in total. The summed E-state index contributed by atoms with van der Waals surface area (Å²) in [5.74, 6) is 0.683. The first-order valence-electron chi connectivity index (χ1n) is 5.82. The van der Waals surface area contributed by atoms with Gasteiger partial charge >= 0.3 is 0 Å². The standard InChI is InChI=1S/C13H15Cl2N3/c1-3-5-9-12(17-18(2)13(9)16)8-6-4-7-10(14)11(8)15/h4,6-7H,3,5,16H2,1-2H3. The van der Waals surface area contributed by atoms with Gasteiger partial charge in [-0.05, 0) is 12.5 Å². The molecule has 1 aromatic carbocycles. The first-order chi connectivity index (χ1) is 8.56. The Bertz CT molecular complexity index is 576. The number of rotatable bonds is 3. The van der Waals surface area contributed by atoms with E-state index in [2.05, 4.69) is 12.0 Å². The number of aromatic nitrogens is 2. The van der Waals surface area contributed by atoms with E-state index in [1.54, 1.807) is 10.7 Å². The van der Waals surface area contributed by atoms with Gasteiger partial charge < -0.3 is 5.73 Å². The highest BCUT2D eigenvalue weighted by atomic mass is 35.5. The zero-order chi connectivity index (χ0) is 13.3. The third-order valence-electron chi connectivity index (χ3n) is 2.90. The number of hydrogen-bond donors (Lipinski definition) is 1. The second-order valence-corrected chi connectivity index (χ2v) is 4.97. The lowest BCUT2D eigenvalue weighted by Crippen LogP contribution is -1.99. The van der Waals surface area contributed by atoms with Gasteiger partial charge in [0.25, 0.3) is 0 Å². The zero-order valence-corrected chi connectivity index (χ0v) is 11.9. The van der Waals surface area contributed by atoms with E-state index >= 15 is 0 Å². The molecule has 1 heterocycles. The lowest BCUT2D eigenvalue weighted by atomic mass is 10.0. The summed E-state index contributed by atoms with van der Waals surface area (Å²) in [6, 6.07) is 5.54. The van der Waals surface area contributed by atoms with E-state index in [1.807, 2.05) is 19.2 Å². The van der Waals surface area contributed by atoms with Crippen molar-refractivity contribution in [3.8, 4) is 11.3 Å². The molecule has 0 aliphatic rings. The van der Waals surface area contributed by atoms with E-state index in [9.17, 15) is 0 Å². The second kappa shape index (κ2) is 5.21. The molecule has 0 saturated carbocycles. The van der Waals surface area contributed by atoms with Gasteiger partial charge in [0, 0.05) is 18.2 Å². The molecule has 0 fully saturated rings. The Balaban J connectivity index is 2.63. The smallest absolute Gasteiger partial charge is 0.125 e. The van der Waals surface area contributed by atoms with E-state index < -0.39 is 0 Å². The van der Waals surface area contributed by atoms with Crippen LogP contribution in [0.3, 0.4) is 0 Å². The van der Waals surface area contributed by atoms with Crippen molar-refractivity contribution in [2.75, 3.05) is 5.73 Å². The monoisotopic (exact) mass is 283 g/mol. The molecular formula is C13H15Cl2N3. The Hall–Kier alpha value is -1.19. The SMILES string of the molecule is CCCc1c(-c2cccc(Cl)c2Cl)nn(C)c1N. The molecule has 0 aliphatic carbocycles. The predicted molar refractivity (Wildman–Crippen MR) is 77.1 cm³/mol. The zero-order valence-electron chi connectivity index (χ0n) is 10.4. The van der Waals surface area contributed by atoms with Crippen molar-refractivity contribution in [1.82, 2.24) is 9.78 Å². The quantitative estimate of drug-likeness (QED) is 0.928. The summed E-state index contributed by atoms with van der Waals surface area (Å²) in [5.41, 5.74) is 8.73. The van der Waals surface area contributed by atoms with Gasteiger partial charge in [-0.2, -0.15) is 5.10 Å². The fourth-order valence-electron chi connectivity index (χ4n) is 1.98. The number of anilines is 1. The maximum atomic E-state index is 6.24. The predicted octanol–water partition coefficient (Wildman–Crippen LogP) is 3.93. The van der Waals surface area contributed by atoms with Crippen molar-refractivity contribution in [3.05, 3.63) is 33.8 Å². The largest absolute Gasteiger partial charge is 0.384 e. The first kappa shape index (κ1) is 13.2. The first-order valence-corrected chi connectivity index (χ1v) is 6.57. The average molecular weight is 284 g/mol. The number of aryl methyl sites for hydroxylation is 1. The van der Waals surface area contributed by atoms with Gasteiger partial charge in [-0.15, -0.1) is 0 Å². The maximum absolute atomic E-state index is 6.24. The normalized spacial score (nSPS) is 10.9. The van der Waals surface area contributed by atoms with Gasteiger partial charge in [0.2, 0.25) is 0 Å². The molecule has 0 atom stereocenters. The van der Waals surface area contributed by atoms with E-state index in [4.69, 9.17) is 28.9 Å². The highest BCUT2D eigenvalue weighted by molar-refractivity contribution is 6.43. The molecule has 0 saturated heterocycles. The number of nitrogen functional groups attached to an aromatic ring is 1. The lowest BCUT2D eigenvalue weighted by Gasteiger charge is -2.05. The van der Waals surface area contributed by atoms with Gasteiger partial charge in [-0.25, -0.2) is 0 Å². The molecule has 0 bridgehead atoms. The molecule has 2 aromatic rings. The summed E-state index contributed by atoms with van der Waals surface area (Å²) in [6.07, 6.45) is 1.87. The van der Waals surface area contributed by atoms with Crippen molar-refractivity contribution in [3.63, 3.8) is 0 Å². The number of benzene rings is 1. The van der Waals surface area contributed by atoms with Crippen LogP contribution in [0.4, 0.5) is 5.82 Å². The van der Waals surface area contributed by atoms with Crippen LogP contribution in [0.5, 0.6) is 0 Å². The molecule has 18 heavy (non-hydrogen) atoms. The maximum Gasteiger partial charge on any atom is 0.125 e. The van der Waals surface area contributed by atoms with Crippen molar-refractivity contribution in [2.24, 2.45) is 7.05 Å². The van der Waals surface area contributed by atoms with Crippen LogP contribution < -0.4 is 5.73 Å². The van der Waals surface area contributed by atoms with Crippen LogP contribution in [-0.4, -0.2) is 9.78 Å². The van der Waals surface area contributed by atoms with Gasteiger partial charge in [-0.3, -0.25) is 4.68 Å². The summed E-state index contributed by atoms with van der Waals surface area (Å²) in [4.78, 5) is 0. The van der Waals surface area contributed by atoms with E-state index in [0.717, 1.165) is 29.7 Å². The van der Waals surface area contributed by atoms with E-state index in [-0.39, 0.29) is 0 Å². The molecule has 0 unspecified atom stereocenters. The fraction of sp³-hybridized carbons (Fsp3) is 0.308. The van der Waals surface area contributed by atoms with E-state index in [1.165, 1.54) is 0 Å². The molecule has 0 spiro atoms. The molecule has 2 rings (SSSR count). The molecule has 96 valence electrons. The van der Waals surface area contributed by atoms with Gasteiger partial charge in [0.15, 0.2) is 0 Å². The van der Waals surface area contributed by atoms with Crippen LogP contribution >= 0.6 is 23.2 Å². The lowest BCUT2D eigenvalue weighted by molar-refractivity contribution is 0.781. The van der Waals surface area contributed by atoms with Crippen molar-refractivity contribution >= 4 is 29.0 Å². The van der Waals surface area contributed by atoms with Crippen molar-refractivity contribution in [1.29, 1.82) is 0 Å². The molecule has 1 aromatic heterocycles. The van der Waals surface area contributed by atoms with Gasteiger partial charge in [-0.1, -0.05) is 48.7 Å². The molecular weight excluding hydrogens is 269 g/mol. The highest BCUT2D eigenvalue weighted by Gasteiger charge is 2.17. The third kappa shape index (κ3) is 2.20. The highest BCUT2D eigenvalue weighted by Crippen LogP contribution is 2.36. The Morgan fingerprint density at radius 3 is 2.72 bits per heavy atom. The minimum Gasteiger partial charge on any atom is -0.384 e. The van der Waals surface area contributed by atoms with Crippen LogP contribution in [-0.2, 0) is 13.5 Å². The van der Waals surface area contributed by atoms with Crippen LogP contribution in [0.25, 0.3) is 11.3 Å². The number of hydrogen-bond acceptors (Lipinski definition) is 2. The molecule has 5 heteroatoms. The summed E-state index contributed by atoms with van der Waals surface area (Å²) in [6.45, 7) is 2.11. The van der Waals surface area contributed by atoms with Crippen molar-refractivity contribution < 1.29 is 0 Å². The Kier molecular flexibility index (Phi) is 3.83. The summed E-state index contributed by atoms with van der Waals surface area (Å²) >= 11 is 12.3. The van der Waals surface area contributed by atoms with Crippen LogP contribution in [0.1, 0.15) is 18.9 Å². The van der Waals surface area contributed by atoms with Gasteiger partial charge in [0.05, 0.1) is 15.7 Å².